The first-order valence-corrected chi connectivity index (χ1v) is 7.67. The number of ether oxygens (including phenoxy) is 1. The molecular formula is C15H13F2NO4S. The topological polar surface area (TPSA) is 72.5 Å². The molecule has 0 amide bonds. The molecule has 0 aliphatic carbocycles. The maximum absolute atomic E-state index is 13.5. The standard InChI is InChI=1S/C15H13F2NO4S/c1-9(19)10-2-4-14(18-23(20)21)11(6-10)8-22-15-5-3-12(16)7-13(15)17/h2-7,23H,8H2,1H3,(H,18,20,21). The molecule has 122 valence electrons. The number of carbonyl (C=O) groups is 1. The van der Waals surface area contributed by atoms with Crippen LogP contribution >= 0.6 is 0 Å². The second-order valence-electron chi connectivity index (χ2n) is 4.66. The van der Waals surface area contributed by atoms with Gasteiger partial charge in [-0.15, -0.1) is 0 Å². The van der Waals surface area contributed by atoms with Crippen LogP contribution in [0, 0.1) is 11.6 Å². The summed E-state index contributed by atoms with van der Waals surface area (Å²) in [5.74, 6) is -2.01. The highest BCUT2D eigenvalue weighted by molar-refractivity contribution is 7.73. The van der Waals surface area contributed by atoms with Crippen molar-refractivity contribution in [3.63, 3.8) is 0 Å². The number of anilines is 1. The van der Waals surface area contributed by atoms with Gasteiger partial charge in [-0.2, -0.15) is 0 Å². The number of ketones is 1. The summed E-state index contributed by atoms with van der Waals surface area (Å²) in [7, 11) is -2.91. The van der Waals surface area contributed by atoms with Crippen molar-refractivity contribution >= 4 is 22.4 Å². The molecule has 0 saturated carbocycles. The van der Waals surface area contributed by atoms with Crippen LogP contribution in [0.15, 0.2) is 36.4 Å². The second-order valence-corrected chi connectivity index (χ2v) is 5.40. The lowest BCUT2D eigenvalue weighted by Crippen LogP contribution is -2.06. The number of hydrogen-bond donors (Lipinski definition) is 2. The van der Waals surface area contributed by atoms with Gasteiger partial charge in [0.05, 0.1) is 5.69 Å². The van der Waals surface area contributed by atoms with E-state index in [1.165, 1.54) is 25.1 Å². The van der Waals surface area contributed by atoms with Crippen molar-refractivity contribution in [3.8, 4) is 5.75 Å². The zero-order valence-corrected chi connectivity index (χ0v) is 12.9. The number of benzene rings is 2. The van der Waals surface area contributed by atoms with Gasteiger partial charge in [-0.1, -0.05) is 0 Å². The maximum atomic E-state index is 13.5. The van der Waals surface area contributed by atoms with E-state index >= 15 is 0 Å². The van der Waals surface area contributed by atoms with Crippen molar-refractivity contribution in [2.45, 2.75) is 13.5 Å². The van der Waals surface area contributed by atoms with E-state index in [1.54, 1.807) is 0 Å². The Bertz CT molecular complexity index is 813. The molecule has 0 spiro atoms. The van der Waals surface area contributed by atoms with Crippen LogP contribution < -0.4 is 9.46 Å². The van der Waals surface area contributed by atoms with Gasteiger partial charge in [0, 0.05) is 17.2 Å². The zero-order chi connectivity index (χ0) is 17.0. The first-order valence-electron chi connectivity index (χ1n) is 6.49. The Balaban J connectivity index is 2.28. The van der Waals surface area contributed by atoms with Crippen molar-refractivity contribution < 1.29 is 26.7 Å². The Morgan fingerprint density at radius 2 is 1.91 bits per heavy atom. The molecule has 0 unspecified atom stereocenters. The van der Waals surface area contributed by atoms with Crippen LogP contribution in [-0.4, -0.2) is 14.2 Å². The molecule has 2 rings (SSSR count). The summed E-state index contributed by atoms with van der Waals surface area (Å²) in [5.41, 5.74) is 0.920. The summed E-state index contributed by atoms with van der Waals surface area (Å²) in [6.45, 7) is 1.16. The fourth-order valence-corrected chi connectivity index (χ4v) is 2.30. The van der Waals surface area contributed by atoms with Crippen molar-refractivity contribution in [2.75, 3.05) is 4.72 Å². The van der Waals surface area contributed by atoms with Crippen molar-refractivity contribution in [1.29, 1.82) is 0 Å². The number of hydrogen-bond acceptors (Lipinski definition) is 4. The van der Waals surface area contributed by atoms with Gasteiger partial charge in [-0.3, -0.25) is 9.52 Å². The summed E-state index contributed by atoms with van der Waals surface area (Å²) < 4.78 is 55.5. The normalized spacial score (nSPS) is 10.6. The van der Waals surface area contributed by atoms with E-state index in [1.807, 2.05) is 0 Å². The number of nitrogens with one attached hydrogen (secondary N) is 1. The minimum Gasteiger partial charge on any atom is -0.486 e. The third kappa shape index (κ3) is 4.49. The zero-order valence-electron chi connectivity index (χ0n) is 12.0. The number of Topliss-reactive ketones (excluding diaryl/α,β-unsaturated/α-hetero) is 1. The largest absolute Gasteiger partial charge is 0.486 e. The van der Waals surface area contributed by atoms with Gasteiger partial charge in [0.15, 0.2) is 17.3 Å². The van der Waals surface area contributed by atoms with Crippen LogP contribution in [0.25, 0.3) is 0 Å². The molecular weight excluding hydrogens is 328 g/mol. The Labute approximate surface area is 133 Å². The van der Waals surface area contributed by atoms with Crippen molar-refractivity contribution in [3.05, 3.63) is 59.2 Å². The van der Waals surface area contributed by atoms with Gasteiger partial charge in [-0.05, 0) is 37.3 Å². The van der Waals surface area contributed by atoms with E-state index in [0.717, 1.165) is 12.1 Å². The summed E-state index contributed by atoms with van der Waals surface area (Å²) in [4.78, 5) is 11.4. The number of thiol groups is 1. The molecule has 1 N–H and O–H groups in total. The molecule has 23 heavy (non-hydrogen) atoms. The third-order valence-electron chi connectivity index (χ3n) is 3.00. The molecule has 0 heterocycles. The fourth-order valence-electron chi connectivity index (χ4n) is 1.89. The molecule has 2 aromatic carbocycles. The first kappa shape index (κ1) is 16.9. The lowest BCUT2D eigenvalue weighted by Gasteiger charge is -2.12. The molecule has 2 aromatic rings. The first-order chi connectivity index (χ1) is 10.9. The van der Waals surface area contributed by atoms with E-state index in [2.05, 4.69) is 4.72 Å². The summed E-state index contributed by atoms with van der Waals surface area (Å²) in [6.07, 6.45) is 0. The average molecular weight is 341 g/mol. The molecule has 0 aromatic heterocycles. The Morgan fingerprint density at radius 1 is 1.17 bits per heavy atom. The Morgan fingerprint density at radius 3 is 2.52 bits per heavy atom. The molecule has 8 heteroatoms. The van der Waals surface area contributed by atoms with Crippen LogP contribution in [0.2, 0.25) is 0 Å². The monoisotopic (exact) mass is 341 g/mol. The molecule has 0 aliphatic rings. The quantitative estimate of drug-likeness (QED) is 0.626. The highest BCUT2D eigenvalue weighted by Gasteiger charge is 2.10. The summed E-state index contributed by atoms with van der Waals surface area (Å²) >= 11 is 0. The fraction of sp³-hybridized carbons (Fsp3) is 0.133. The number of carbonyl (C=O) groups excluding carboxylic acids is 1. The lowest BCUT2D eigenvalue weighted by atomic mass is 10.1. The summed E-state index contributed by atoms with van der Waals surface area (Å²) in [5, 5.41) is 0. The molecule has 0 atom stereocenters. The van der Waals surface area contributed by atoms with Gasteiger partial charge in [0.25, 0.3) is 0 Å². The lowest BCUT2D eigenvalue weighted by molar-refractivity contribution is 0.101. The van der Waals surface area contributed by atoms with Gasteiger partial charge < -0.3 is 4.74 Å². The van der Waals surface area contributed by atoms with Crippen LogP contribution in [0.4, 0.5) is 14.5 Å². The third-order valence-corrected chi connectivity index (χ3v) is 3.42. The minimum absolute atomic E-state index is 0.183. The van der Waals surface area contributed by atoms with Gasteiger partial charge in [0.2, 0.25) is 10.9 Å². The number of halogens is 2. The van der Waals surface area contributed by atoms with Crippen LogP contribution in [0.5, 0.6) is 5.75 Å². The predicted molar refractivity (Wildman–Crippen MR) is 81.1 cm³/mol. The highest BCUT2D eigenvalue weighted by Crippen LogP contribution is 2.23. The maximum Gasteiger partial charge on any atom is 0.222 e. The average Bonchev–Trinajstić information content (AvgIpc) is 2.46. The van der Waals surface area contributed by atoms with E-state index < -0.39 is 22.5 Å². The van der Waals surface area contributed by atoms with E-state index in [0.29, 0.717) is 17.2 Å². The van der Waals surface area contributed by atoms with Crippen LogP contribution in [-0.2, 0) is 17.5 Å². The Hall–Kier alpha value is -2.48. The summed E-state index contributed by atoms with van der Waals surface area (Å²) in [6, 6.07) is 7.17. The molecule has 0 saturated heterocycles. The molecule has 0 radical (unpaired) electrons. The van der Waals surface area contributed by atoms with Crippen LogP contribution in [0.3, 0.4) is 0 Å². The molecule has 0 aliphatic heterocycles. The highest BCUT2D eigenvalue weighted by atomic mass is 32.2. The van der Waals surface area contributed by atoms with E-state index in [4.69, 9.17) is 4.74 Å². The van der Waals surface area contributed by atoms with Gasteiger partial charge in [0.1, 0.15) is 12.4 Å². The van der Waals surface area contributed by atoms with E-state index in [9.17, 15) is 22.0 Å². The number of rotatable bonds is 6. The van der Waals surface area contributed by atoms with Crippen molar-refractivity contribution in [1.82, 2.24) is 0 Å². The van der Waals surface area contributed by atoms with Crippen molar-refractivity contribution in [2.24, 2.45) is 0 Å². The molecule has 5 nitrogen and oxygen atoms in total. The molecule has 0 bridgehead atoms. The van der Waals surface area contributed by atoms with Gasteiger partial charge in [-0.25, -0.2) is 17.2 Å². The van der Waals surface area contributed by atoms with E-state index in [-0.39, 0.29) is 23.8 Å². The predicted octanol–water partition coefficient (Wildman–Crippen LogP) is 2.68. The van der Waals surface area contributed by atoms with Crippen LogP contribution in [0.1, 0.15) is 22.8 Å². The smallest absolute Gasteiger partial charge is 0.222 e. The second kappa shape index (κ2) is 7.19. The SMILES string of the molecule is CC(=O)c1ccc(N[SH](=O)=O)c(COc2ccc(F)cc2F)c1. The molecule has 0 fully saturated rings. The van der Waals surface area contributed by atoms with Gasteiger partial charge >= 0.3 is 0 Å². The minimum atomic E-state index is -2.91. The Kier molecular flexibility index (Phi) is 5.28.